The number of fused-ring (bicyclic) bond motifs is 1. The Morgan fingerprint density at radius 3 is 2.50 bits per heavy atom. The first-order valence-electron chi connectivity index (χ1n) is 15.5. The Hall–Kier alpha value is -4.92. The Kier molecular flexibility index (Phi) is 10.4. The number of rotatable bonds is 11. The molecule has 1 aromatic heterocycles. The molecule has 13 nitrogen and oxygen atoms in total. The van der Waals surface area contributed by atoms with Crippen molar-refractivity contribution in [2.75, 3.05) is 42.5 Å². The van der Waals surface area contributed by atoms with Gasteiger partial charge in [0.05, 0.1) is 41.6 Å². The van der Waals surface area contributed by atoms with E-state index in [2.05, 4.69) is 19.9 Å². The molecule has 5 rings (SSSR count). The van der Waals surface area contributed by atoms with Gasteiger partial charge in [-0.1, -0.05) is 37.3 Å². The summed E-state index contributed by atoms with van der Waals surface area (Å²) in [6.45, 7) is 4.75. The Labute approximate surface area is 280 Å². The van der Waals surface area contributed by atoms with Gasteiger partial charge in [-0.2, -0.15) is 8.42 Å². The first kappa shape index (κ1) is 34.4. The molecule has 5 N–H and O–H groups in total. The van der Waals surface area contributed by atoms with Gasteiger partial charge >= 0.3 is 0 Å². The average molecular weight is 676 g/mol. The predicted octanol–water partition coefficient (Wildman–Crippen LogP) is 3.41. The summed E-state index contributed by atoms with van der Waals surface area (Å²) in [6.07, 6.45) is 2.29. The first-order valence-corrected chi connectivity index (χ1v) is 17.0. The quantitative estimate of drug-likeness (QED) is 0.174. The topological polar surface area (TPSA) is 172 Å². The molecular formula is C34H41N7O6S. The molecule has 254 valence electrons. The Morgan fingerprint density at radius 1 is 1.12 bits per heavy atom. The van der Waals surface area contributed by atoms with Crippen molar-refractivity contribution in [3.63, 3.8) is 0 Å². The highest BCUT2D eigenvalue weighted by molar-refractivity contribution is 7.92. The van der Waals surface area contributed by atoms with Gasteiger partial charge in [-0.3, -0.25) is 19.2 Å². The summed E-state index contributed by atoms with van der Waals surface area (Å²) in [5.41, 5.74) is 8.72. The summed E-state index contributed by atoms with van der Waals surface area (Å²) in [6, 6.07) is 18.6. The molecule has 3 aromatic carbocycles. The number of carbonyl (C=O) groups is 2. The molecule has 0 unspecified atom stereocenters. The van der Waals surface area contributed by atoms with Crippen molar-refractivity contribution in [2.45, 2.75) is 37.6 Å². The van der Waals surface area contributed by atoms with Gasteiger partial charge in [-0.05, 0) is 55.9 Å². The molecule has 14 heteroatoms. The number of anilines is 3. The van der Waals surface area contributed by atoms with E-state index in [1.54, 1.807) is 73.5 Å². The van der Waals surface area contributed by atoms with E-state index in [4.69, 9.17) is 10.5 Å². The van der Waals surface area contributed by atoms with E-state index < -0.39 is 22.2 Å². The smallest absolute Gasteiger partial charge is 0.281 e. The van der Waals surface area contributed by atoms with Crippen LogP contribution in [0, 0.1) is 5.92 Å². The summed E-state index contributed by atoms with van der Waals surface area (Å²) in [5.74, 6) is -0.732. The van der Waals surface area contributed by atoms with Crippen LogP contribution in [0.15, 0.2) is 84.3 Å². The predicted molar refractivity (Wildman–Crippen MR) is 183 cm³/mol. The lowest BCUT2D eigenvalue weighted by Crippen LogP contribution is -2.49. The van der Waals surface area contributed by atoms with Gasteiger partial charge < -0.3 is 30.4 Å². The van der Waals surface area contributed by atoms with Crippen LogP contribution in [0.4, 0.5) is 17.1 Å². The molecule has 1 aliphatic rings. The fourth-order valence-corrected chi connectivity index (χ4v) is 6.56. The molecule has 3 atom stereocenters. The molecular weight excluding hydrogens is 634 g/mol. The van der Waals surface area contributed by atoms with E-state index in [1.165, 1.54) is 17.1 Å². The number of amides is 2. The third-order valence-corrected chi connectivity index (χ3v) is 9.51. The number of nitrogens with zero attached hydrogens (tertiary/aromatic N) is 4. The number of aromatic nitrogens is 2. The Balaban J connectivity index is 1.36. The third-order valence-electron chi connectivity index (χ3n) is 8.26. The zero-order valence-electron chi connectivity index (χ0n) is 27.3. The maximum Gasteiger partial charge on any atom is 0.281 e. The number of ether oxygens (including phenoxy) is 1. The third kappa shape index (κ3) is 7.78. The number of aliphatic hydroxyl groups excluding tert-OH is 1. The largest absolute Gasteiger partial charge is 0.486 e. The molecule has 0 spiro atoms. The number of nitrogen functional groups attached to an aromatic ring is 1. The number of nitrogens with one attached hydrogen (secondary N) is 2. The van der Waals surface area contributed by atoms with Gasteiger partial charge in [-0.25, -0.2) is 4.98 Å². The van der Waals surface area contributed by atoms with Crippen LogP contribution in [0.2, 0.25) is 0 Å². The number of nitrogens with two attached hydrogens (primary N) is 1. The molecule has 0 bridgehead atoms. The Bertz CT molecular complexity index is 1880. The minimum atomic E-state index is -4.10. The van der Waals surface area contributed by atoms with E-state index in [0.717, 1.165) is 5.56 Å². The van der Waals surface area contributed by atoms with Crippen LogP contribution < -0.4 is 20.5 Å². The maximum atomic E-state index is 13.8. The summed E-state index contributed by atoms with van der Waals surface area (Å²) in [5, 5.41) is 12.6. The fraction of sp³-hybridized carbons (Fsp3) is 0.324. The number of likely N-dealkylation sites (N-methyl/N-ethyl adjacent to an activating group) is 1. The van der Waals surface area contributed by atoms with E-state index in [-0.39, 0.29) is 46.4 Å². The van der Waals surface area contributed by atoms with Crippen LogP contribution >= 0.6 is 0 Å². The van der Waals surface area contributed by atoms with Gasteiger partial charge in [0.15, 0.2) is 10.8 Å². The number of para-hydroxylation sites is 3. The molecule has 48 heavy (non-hydrogen) atoms. The van der Waals surface area contributed by atoms with Crippen LogP contribution in [0.5, 0.6) is 5.75 Å². The van der Waals surface area contributed by atoms with Gasteiger partial charge in [-0.15, -0.1) is 0 Å². The molecule has 2 heterocycles. The van der Waals surface area contributed by atoms with Crippen molar-refractivity contribution in [3.8, 4) is 5.75 Å². The lowest BCUT2D eigenvalue weighted by atomic mass is 9.99. The van der Waals surface area contributed by atoms with Crippen molar-refractivity contribution in [2.24, 2.45) is 13.0 Å². The van der Waals surface area contributed by atoms with E-state index in [9.17, 15) is 23.1 Å². The maximum absolute atomic E-state index is 13.8. The van der Waals surface area contributed by atoms with Crippen molar-refractivity contribution >= 4 is 38.9 Å². The number of benzene rings is 3. The summed E-state index contributed by atoms with van der Waals surface area (Å²) in [7, 11) is -0.496. The number of sulfonamides is 1. The second-order valence-electron chi connectivity index (χ2n) is 12.2. The van der Waals surface area contributed by atoms with E-state index in [1.807, 2.05) is 26.1 Å². The van der Waals surface area contributed by atoms with Crippen LogP contribution in [-0.2, 0) is 23.6 Å². The number of hydrogen-bond acceptors (Lipinski definition) is 9. The van der Waals surface area contributed by atoms with Crippen LogP contribution in [0.1, 0.15) is 40.1 Å². The van der Waals surface area contributed by atoms with Crippen LogP contribution in [0.25, 0.3) is 0 Å². The number of imidazole rings is 1. The summed E-state index contributed by atoms with van der Waals surface area (Å²) >= 11 is 0. The number of aliphatic hydroxyl groups is 1. The molecule has 2 amide bonds. The van der Waals surface area contributed by atoms with E-state index >= 15 is 0 Å². The normalized spacial score (nSPS) is 17.2. The van der Waals surface area contributed by atoms with Gasteiger partial charge in [0.2, 0.25) is 0 Å². The number of hydrogen-bond donors (Lipinski definition) is 4. The molecule has 0 saturated heterocycles. The zero-order valence-corrected chi connectivity index (χ0v) is 28.1. The molecule has 0 radical (unpaired) electrons. The second kappa shape index (κ2) is 14.5. The van der Waals surface area contributed by atoms with Crippen molar-refractivity contribution in [3.05, 3.63) is 95.9 Å². The second-order valence-corrected chi connectivity index (χ2v) is 13.9. The molecule has 4 aromatic rings. The SMILES string of the molecule is C[C@@H]1CN([C@H](C)CO)C(=O)c2cccc(NS(=O)(=O)c3cn(C)cn3)c2O[C@H]1CN(C)Cc1ccc(C(=O)Nc2ccccc2N)cc1. The highest BCUT2D eigenvalue weighted by Crippen LogP contribution is 2.36. The minimum absolute atomic E-state index is 0.107. The van der Waals surface area contributed by atoms with Gasteiger partial charge in [0.25, 0.3) is 21.8 Å². The highest BCUT2D eigenvalue weighted by atomic mass is 32.2. The van der Waals surface area contributed by atoms with Gasteiger partial charge in [0.1, 0.15) is 6.10 Å². The lowest BCUT2D eigenvalue weighted by Gasteiger charge is -2.38. The standard InChI is InChI=1S/C34H41N7O6S/c1-22-16-41(23(2)20-42)34(44)26-8-7-11-29(38-48(45,46)31-19-40(4)21-36-31)32(26)47-30(22)18-39(3)17-24-12-14-25(15-13-24)33(43)37-28-10-6-5-9-27(28)35/h5-15,19,21-23,30,38,42H,16-18,20,35H2,1-4H3,(H,37,43)/t22-,23-,30+/m1/s1. The zero-order chi connectivity index (χ0) is 34.6. The molecule has 0 aliphatic carbocycles. The minimum Gasteiger partial charge on any atom is -0.486 e. The summed E-state index contributed by atoms with van der Waals surface area (Å²) in [4.78, 5) is 34.2. The Morgan fingerprint density at radius 2 is 1.83 bits per heavy atom. The molecule has 0 saturated carbocycles. The fourth-order valence-electron chi connectivity index (χ4n) is 5.52. The molecule has 1 aliphatic heterocycles. The van der Waals surface area contributed by atoms with Gasteiger partial charge in [0, 0.05) is 44.4 Å². The summed E-state index contributed by atoms with van der Waals surface area (Å²) < 4.78 is 37.1. The van der Waals surface area contributed by atoms with E-state index in [0.29, 0.717) is 36.6 Å². The van der Waals surface area contributed by atoms with Crippen molar-refractivity contribution in [1.82, 2.24) is 19.4 Å². The van der Waals surface area contributed by atoms with Crippen LogP contribution in [0.3, 0.4) is 0 Å². The molecule has 0 fully saturated rings. The monoisotopic (exact) mass is 675 g/mol. The van der Waals surface area contributed by atoms with Crippen LogP contribution in [-0.4, -0.2) is 83.6 Å². The number of carbonyl (C=O) groups excluding carboxylic acids is 2. The highest BCUT2D eigenvalue weighted by Gasteiger charge is 2.35. The average Bonchev–Trinajstić information content (AvgIpc) is 3.51. The lowest BCUT2D eigenvalue weighted by molar-refractivity contribution is 0.0344. The first-order chi connectivity index (χ1) is 22.9. The number of aryl methyl sites for hydroxylation is 1. The van der Waals surface area contributed by atoms with Crippen molar-refractivity contribution < 1.29 is 27.9 Å². The van der Waals surface area contributed by atoms with Crippen molar-refractivity contribution in [1.29, 1.82) is 0 Å².